The predicted molar refractivity (Wildman–Crippen MR) is 94.8 cm³/mol. The van der Waals surface area contributed by atoms with E-state index in [2.05, 4.69) is 40.7 Å². The van der Waals surface area contributed by atoms with Gasteiger partial charge in [0.15, 0.2) is 0 Å². The van der Waals surface area contributed by atoms with Crippen molar-refractivity contribution in [2.75, 3.05) is 0 Å². The third-order valence-corrected chi connectivity index (χ3v) is 5.57. The quantitative estimate of drug-likeness (QED) is 0.735. The average molecular weight is 419 g/mol. The number of hydrogen-bond acceptors (Lipinski definition) is 2. The van der Waals surface area contributed by atoms with Gasteiger partial charge in [0.05, 0.1) is 22.5 Å². The van der Waals surface area contributed by atoms with E-state index in [1.165, 1.54) is 5.56 Å². The van der Waals surface area contributed by atoms with Gasteiger partial charge in [-0.3, -0.25) is 4.68 Å². The first-order valence-corrected chi connectivity index (χ1v) is 8.62. The second-order valence-electron chi connectivity index (χ2n) is 5.07. The van der Waals surface area contributed by atoms with Gasteiger partial charge >= 0.3 is 0 Å². The van der Waals surface area contributed by atoms with Crippen LogP contribution in [0.2, 0.25) is 5.02 Å². The van der Waals surface area contributed by atoms with Gasteiger partial charge in [0.25, 0.3) is 0 Å². The van der Waals surface area contributed by atoms with Crippen molar-refractivity contribution in [1.29, 1.82) is 0 Å². The first-order valence-electron chi connectivity index (χ1n) is 7.16. The fourth-order valence-electron chi connectivity index (χ4n) is 2.43. The van der Waals surface area contributed by atoms with E-state index in [1.54, 1.807) is 0 Å². The van der Waals surface area contributed by atoms with Crippen LogP contribution in [0.1, 0.15) is 42.5 Å². The highest BCUT2D eigenvalue weighted by Gasteiger charge is 2.20. The van der Waals surface area contributed by atoms with Gasteiger partial charge in [0.1, 0.15) is 0 Å². The maximum Gasteiger partial charge on any atom is 0.0856 e. The number of aliphatic hydroxyl groups is 1. The van der Waals surface area contributed by atoms with Crippen LogP contribution in [-0.4, -0.2) is 14.9 Å². The molecule has 0 aliphatic rings. The Bertz CT molecular complexity index is 639. The molecule has 114 valence electrons. The number of nitrogens with zero attached hydrogens (tertiary/aromatic N) is 2. The summed E-state index contributed by atoms with van der Waals surface area (Å²) >= 11 is 8.70. The minimum atomic E-state index is -0.569. The second kappa shape index (κ2) is 7.11. The van der Waals surface area contributed by atoms with Gasteiger partial charge < -0.3 is 5.11 Å². The monoisotopic (exact) mass is 418 g/mol. The van der Waals surface area contributed by atoms with E-state index in [-0.39, 0.29) is 0 Å². The summed E-state index contributed by atoms with van der Waals surface area (Å²) in [5, 5.41) is 15.8. The van der Waals surface area contributed by atoms with E-state index in [0.717, 1.165) is 33.5 Å². The molecule has 1 atom stereocenters. The highest BCUT2D eigenvalue weighted by atomic mass is 127. The first kappa shape index (κ1) is 16.8. The molecule has 1 aromatic heterocycles. The lowest BCUT2D eigenvalue weighted by atomic mass is 10.0. The fourth-order valence-corrected chi connectivity index (χ4v) is 3.50. The largest absolute Gasteiger partial charge is 0.388 e. The summed E-state index contributed by atoms with van der Waals surface area (Å²) in [4.78, 5) is 0. The molecule has 1 aromatic carbocycles. The summed E-state index contributed by atoms with van der Waals surface area (Å²) in [6.45, 7) is 6.89. The molecule has 0 aliphatic heterocycles. The van der Waals surface area contributed by atoms with Crippen LogP contribution >= 0.6 is 34.2 Å². The van der Waals surface area contributed by atoms with Gasteiger partial charge in [-0.2, -0.15) is 5.10 Å². The second-order valence-corrected chi connectivity index (χ2v) is 6.53. The summed E-state index contributed by atoms with van der Waals surface area (Å²) < 4.78 is 3.00. The van der Waals surface area contributed by atoms with Crippen molar-refractivity contribution in [1.82, 2.24) is 9.78 Å². The van der Waals surface area contributed by atoms with Crippen LogP contribution in [0.25, 0.3) is 0 Å². The Labute approximate surface area is 144 Å². The average Bonchev–Trinajstić information content (AvgIpc) is 2.78. The molecular weight excluding hydrogens is 399 g/mol. The van der Waals surface area contributed by atoms with Crippen LogP contribution in [0.5, 0.6) is 0 Å². The maximum absolute atomic E-state index is 10.6. The van der Waals surface area contributed by atoms with Crippen LogP contribution in [0.15, 0.2) is 18.2 Å². The Kier molecular flexibility index (Phi) is 5.68. The maximum atomic E-state index is 10.6. The molecule has 5 heteroatoms. The van der Waals surface area contributed by atoms with E-state index < -0.39 is 6.10 Å². The highest BCUT2D eigenvalue weighted by Crippen LogP contribution is 2.29. The van der Waals surface area contributed by atoms with E-state index >= 15 is 0 Å². The zero-order chi connectivity index (χ0) is 15.6. The minimum Gasteiger partial charge on any atom is -0.388 e. The van der Waals surface area contributed by atoms with Crippen molar-refractivity contribution in [3.05, 3.63) is 49.3 Å². The van der Waals surface area contributed by atoms with E-state index in [9.17, 15) is 5.11 Å². The number of rotatable bonds is 5. The van der Waals surface area contributed by atoms with Crippen molar-refractivity contribution >= 4 is 34.2 Å². The molecule has 1 heterocycles. The van der Waals surface area contributed by atoms with Crippen molar-refractivity contribution < 1.29 is 5.11 Å². The topological polar surface area (TPSA) is 38.0 Å². The van der Waals surface area contributed by atoms with E-state index in [4.69, 9.17) is 11.6 Å². The summed E-state index contributed by atoms with van der Waals surface area (Å²) in [5.74, 6) is 0. The summed E-state index contributed by atoms with van der Waals surface area (Å²) in [6.07, 6.45) is 0.719. The Hall–Kier alpha value is -0.590. The minimum absolute atomic E-state index is 0.485. The van der Waals surface area contributed by atoms with Gasteiger partial charge in [0.2, 0.25) is 0 Å². The molecule has 1 N–H and O–H groups in total. The Balaban J connectivity index is 2.33. The molecule has 0 spiro atoms. The van der Waals surface area contributed by atoms with Crippen molar-refractivity contribution in [3.63, 3.8) is 0 Å². The molecule has 0 radical (unpaired) electrons. The zero-order valence-corrected chi connectivity index (χ0v) is 15.4. The molecule has 0 fully saturated rings. The van der Waals surface area contributed by atoms with Crippen molar-refractivity contribution in [2.24, 2.45) is 0 Å². The van der Waals surface area contributed by atoms with Gasteiger partial charge in [-0.1, -0.05) is 36.7 Å². The van der Waals surface area contributed by atoms with E-state index in [1.807, 2.05) is 30.7 Å². The first-order chi connectivity index (χ1) is 9.99. The molecule has 0 aliphatic carbocycles. The van der Waals surface area contributed by atoms with Gasteiger partial charge in [0, 0.05) is 16.5 Å². The molecule has 0 bridgehead atoms. The molecule has 2 aromatic rings. The Morgan fingerprint density at radius 3 is 2.71 bits per heavy atom. The van der Waals surface area contributed by atoms with Gasteiger partial charge in [-0.15, -0.1) is 0 Å². The predicted octanol–water partition coefficient (Wildman–Crippen LogP) is 4.31. The van der Waals surface area contributed by atoms with Crippen LogP contribution in [0.4, 0.5) is 0 Å². The smallest absolute Gasteiger partial charge is 0.0856 e. The standard InChI is InChI=1S/C16H20ClIN2O/c1-4-12-15(17)13(20(5-2)19-12)9-14(21)11-8-6-7-10(3)16(11)18/h6-8,14,21H,4-5,9H2,1-3H3. The number of benzene rings is 1. The molecular formula is C16H20ClIN2O. The molecule has 1 unspecified atom stereocenters. The van der Waals surface area contributed by atoms with Gasteiger partial charge in [-0.25, -0.2) is 0 Å². The molecule has 0 amide bonds. The van der Waals surface area contributed by atoms with Crippen molar-refractivity contribution in [2.45, 2.75) is 46.3 Å². The van der Waals surface area contributed by atoms with Crippen LogP contribution in [-0.2, 0) is 19.4 Å². The Morgan fingerprint density at radius 2 is 2.10 bits per heavy atom. The normalized spacial score (nSPS) is 12.7. The lowest BCUT2D eigenvalue weighted by Crippen LogP contribution is -2.10. The van der Waals surface area contributed by atoms with Crippen LogP contribution in [0, 0.1) is 10.5 Å². The summed E-state index contributed by atoms with van der Waals surface area (Å²) in [5.41, 5.74) is 3.95. The lowest BCUT2D eigenvalue weighted by molar-refractivity contribution is 0.174. The summed E-state index contributed by atoms with van der Waals surface area (Å²) in [6, 6.07) is 6.00. The lowest BCUT2D eigenvalue weighted by Gasteiger charge is -2.15. The molecule has 21 heavy (non-hydrogen) atoms. The van der Waals surface area contributed by atoms with Gasteiger partial charge in [-0.05, 0) is 54.0 Å². The molecule has 0 saturated heterocycles. The third-order valence-electron chi connectivity index (χ3n) is 3.66. The van der Waals surface area contributed by atoms with Crippen LogP contribution in [0.3, 0.4) is 0 Å². The Morgan fingerprint density at radius 1 is 1.38 bits per heavy atom. The molecule has 2 rings (SSSR count). The number of halogens is 2. The third kappa shape index (κ3) is 3.43. The number of aryl methyl sites for hydroxylation is 3. The zero-order valence-electron chi connectivity index (χ0n) is 12.5. The van der Waals surface area contributed by atoms with Crippen LogP contribution < -0.4 is 0 Å². The molecule has 0 saturated carbocycles. The van der Waals surface area contributed by atoms with Crippen molar-refractivity contribution in [3.8, 4) is 0 Å². The fraction of sp³-hybridized carbons (Fsp3) is 0.438. The van der Waals surface area contributed by atoms with E-state index in [0.29, 0.717) is 11.4 Å². The number of hydrogen-bond donors (Lipinski definition) is 1. The summed E-state index contributed by atoms with van der Waals surface area (Å²) in [7, 11) is 0. The SMILES string of the molecule is CCc1nn(CC)c(CC(O)c2cccc(C)c2I)c1Cl. The molecule has 3 nitrogen and oxygen atoms in total. The number of aliphatic hydroxyl groups excluding tert-OH is 1. The number of aromatic nitrogens is 2. The highest BCUT2D eigenvalue weighted by molar-refractivity contribution is 14.1.